The summed E-state index contributed by atoms with van der Waals surface area (Å²) in [4.78, 5) is 24.3. The zero-order valence-corrected chi connectivity index (χ0v) is 13.3. The summed E-state index contributed by atoms with van der Waals surface area (Å²) in [6.07, 6.45) is 1.39. The van der Waals surface area contributed by atoms with E-state index in [-0.39, 0.29) is 11.5 Å². The molecule has 0 bridgehead atoms. The van der Waals surface area contributed by atoms with Crippen molar-refractivity contribution in [2.75, 3.05) is 37.7 Å². The number of hydrogen-bond acceptors (Lipinski definition) is 5. The van der Waals surface area contributed by atoms with Crippen molar-refractivity contribution in [2.45, 2.75) is 33.1 Å². The largest absolute Gasteiger partial charge is 0.450 e. The van der Waals surface area contributed by atoms with E-state index in [4.69, 9.17) is 4.74 Å². The van der Waals surface area contributed by atoms with Crippen LogP contribution >= 0.6 is 0 Å². The van der Waals surface area contributed by atoms with Crippen LogP contribution in [0.25, 0.3) is 0 Å². The maximum Gasteiger partial charge on any atom is 0.409 e. The minimum absolute atomic E-state index is 0.00441. The summed E-state index contributed by atoms with van der Waals surface area (Å²) >= 11 is 0. The van der Waals surface area contributed by atoms with E-state index in [1.807, 2.05) is 13.0 Å². The van der Waals surface area contributed by atoms with Crippen LogP contribution in [0.15, 0.2) is 12.4 Å². The highest BCUT2D eigenvalue weighted by Crippen LogP contribution is 2.23. The average molecular weight is 292 g/mol. The lowest BCUT2D eigenvalue weighted by atomic mass is 9.92. The highest BCUT2D eigenvalue weighted by atomic mass is 16.6. The zero-order valence-electron chi connectivity index (χ0n) is 13.3. The Morgan fingerprint density at radius 1 is 1.24 bits per heavy atom. The van der Waals surface area contributed by atoms with Gasteiger partial charge < -0.3 is 14.5 Å². The van der Waals surface area contributed by atoms with Gasteiger partial charge in [-0.25, -0.2) is 14.8 Å². The van der Waals surface area contributed by atoms with Gasteiger partial charge in [-0.2, -0.15) is 0 Å². The van der Waals surface area contributed by atoms with Crippen molar-refractivity contribution in [3.05, 3.63) is 18.1 Å². The smallest absolute Gasteiger partial charge is 0.409 e. The van der Waals surface area contributed by atoms with Crippen LogP contribution in [-0.2, 0) is 10.2 Å². The lowest BCUT2D eigenvalue weighted by Crippen LogP contribution is -2.49. The molecular formula is C15H24N4O2. The van der Waals surface area contributed by atoms with Gasteiger partial charge in [-0.3, -0.25) is 0 Å². The normalized spacial score (nSPS) is 16.0. The van der Waals surface area contributed by atoms with Gasteiger partial charge in [0.1, 0.15) is 12.1 Å². The van der Waals surface area contributed by atoms with Crippen LogP contribution < -0.4 is 4.90 Å². The predicted molar refractivity (Wildman–Crippen MR) is 81.5 cm³/mol. The van der Waals surface area contributed by atoms with Gasteiger partial charge >= 0.3 is 6.09 Å². The number of amides is 1. The molecule has 116 valence electrons. The van der Waals surface area contributed by atoms with Crippen LogP contribution in [-0.4, -0.2) is 53.7 Å². The minimum atomic E-state index is -0.227. The Kier molecular flexibility index (Phi) is 4.65. The molecule has 1 saturated heterocycles. The molecule has 1 aromatic heterocycles. The van der Waals surface area contributed by atoms with Crippen LogP contribution in [0.4, 0.5) is 10.6 Å². The third-order valence-electron chi connectivity index (χ3n) is 3.55. The standard InChI is InChI=1S/C15H24N4O2/c1-5-21-14(20)19-8-6-18(7-9-19)13-10-12(15(2,3)4)16-11-17-13/h10-11H,5-9H2,1-4H3. The Morgan fingerprint density at radius 3 is 2.48 bits per heavy atom. The number of hydrogen-bond donors (Lipinski definition) is 0. The van der Waals surface area contributed by atoms with E-state index in [0.717, 1.165) is 24.6 Å². The van der Waals surface area contributed by atoms with Gasteiger partial charge in [0, 0.05) is 37.7 Å². The van der Waals surface area contributed by atoms with E-state index >= 15 is 0 Å². The van der Waals surface area contributed by atoms with Gasteiger partial charge in [-0.05, 0) is 6.92 Å². The summed E-state index contributed by atoms with van der Waals surface area (Å²) in [7, 11) is 0. The second-order valence-corrected chi connectivity index (χ2v) is 6.18. The number of aromatic nitrogens is 2. The highest BCUT2D eigenvalue weighted by Gasteiger charge is 2.24. The predicted octanol–water partition coefficient (Wildman–Crippen LogP) is 2.05. The molecule has 1 aliphatic rings. The fraction of sp³-hybridized carbons (Fsp3) is 0.667. The third-order valence-corrected chi connectivity index (χ3v) is 3.55. The van der Waals surface area contributed by atoms with Crippen molar-refractivity contribution in [3.63, 3.8) is 0 Å². The molecule has 2 heterocycles. The molecule has 0 atom stereocenters. The molecular weight excluding hydrogens is 268 g/mol. The number of piperazine rings is 1. The van der Waals surface area contributed by atoms with Crippen molar-refractivity contribution >= 4 is 11.9 Å². The zero-order chi connectivity index (χ0) is 15.5. The summed E-state index contributed by atoms with van der Waals surface area (Å²) in [5.74, 6) is 0.929. The molecule has 2 rings (SSSR count). The van der Waals surface area contributed by atoms with Crippen LogP contribution in [0.2, 0.25) is 0 Å². The van der Waals surface area contributed by atoms with Gasteiger partial charge in [-0.1, -0.05) is 20.8 Å². The molecule has 0 aromatic carbocycles. The van der Waals surface area contributed by atoms with Gasteiger partial charge in [0.05, 0.1) is 12.3 Å². The van der Waals surface area contributed by atoms with E-state index < -0.39 is 0 Å². The molecule has 6 heteroatoms. The summed E-state index contributed by atoms with van der Waals surface area (Å²) in [5.41, 5.74) is 1.03. The van der Waals surface area contributed by atoms with Gasteiger partial charge in [-0.15, -0.1) is 0 Å². The minimum Gasteiger partial charge on any atom is -0.450 e. The second kappa shape index (κ2) is 6.28. The topological polar surface area (TPSA) is 58.6 Å². The number of ether oxygens (including phenoxy) is 1. The number of carbonyl (C=O) groups is 1. The fourth-order valence-corrected chi connectivity index (χ4v) is 2.26. The summed E-state index contributed by atoms with van der Waals surface area (Å²) < 4.78 is 5.03. The second-order valence-electron chi connectivity index (χ2n) is 6.18. The maximum absolute atomic E-state index is 11.7. The van der Waals surface area contributed by atoms with Crippen LogP contribution in [0.1, 0.15) is 33.4 Å². The van der Waals surface area contributed by atoms with Crippen molar-refractivity contribution in [2.24, 2.45) is 0 Å². The first-order chi connectivity index (χ1) is 9.91. The van der Waals surface area contributed by atoms with E-state index in [2.05, 4.69) is 35.6 Å². The Hall–Kier alpha value is -1.85. The highest BCUT2D eigenvalue weighted by molar-refractivity contribution is 5.68. The summed E-state index contributed by atoms with van der Waals surface area (Å²) in [6, 6.07) is 2.04. The van der Waals surface area contributed by atoms with E-state index in [1.54, 1.807) is 11.2 Å². The number of anilines is 1. The molecule has 0 saturated carbocycles. The molecule has 0 radical (unpaired) electrons. The molecule has 1 aromatic rings. The van der Waals surface area contributed by atoms with Gasteiger partial charge in [0.25, 0.3) is 0 Å². The van der Waals surface area contributed by atoms with Crippen LogP contribution in [0.3, 0.4) is 0 Å². The molecule has 6 nitrogen and oxygen atoms in total. The van der Waals surface area contributed by atoms with Crippen molar-refractivity contribution in [3.8, 4) is 0 Å². The molecule has 0 aliphatic carbocycles. The average Bonchev–Trinajstić information content (AvgIpc) is 2.47. The van der Waals surface area contributed by atoms with Crippen LogP contribution in [0.5, 0.6) is 0 Å². The van der Waals surface area contributed by atoms with Crippen molar-refractivity contribution in [1.82, 2.24) is 14.9 Å². The summed E-state index contributed by atoms with van der Waals surface area (Å²) in [5, 5.41) is 0. The van der Waals surface area contributed by atoms with Crippen molar-refractivity contribution < 1.29 is 9.53 Å². The number of nitrogens with zero attached hydrogens (tertiary/aromatic N) is 4. The molecule has 1 aliphatic heterocycles. The Bertz CT molecular complexity index is 491. The number of rotatable bonds is 2. The fourth-order valence-electron chi connectivity index (χ4n) is 2.26. The third kappa shape index (κ3) is 3.83. The first kappa shape index (κ1) is 15.5. The molecule has 1 amide bonds. The van der Waals surface area contributed by atoms with Crippen LogP contribution in [0, 0.1) is 0 Å². The van der Waals surface area contributed by atoms with Gasteiger partial charge in [0.2, 0.25) is 0 Å². The first-order valence-corrected chi connectivity index (χ1v) is 7.41. The van der Waals surface area contributed by atoms with E-state index in [0.29, 0.717) is 19.7 Å². The maximum atomic E-state index is 11.7. The first-order valence-electron chi connectivity index (χ1n) is 7.41. The SMILES string of the molecule is CCOC(=O)N1CCN(c2cc(C(C)(C)C)ncn2)CC1. The molecule has 0 N–H and O–H groups in total. The number of carbonyl (C=O) groups excluding carboxylic acids is 1. The molecule has 0 unspecified atom stereocenters. The molecule has 1 fully saturated rings. The molecule has 21 heavy (non-hydrogen) atoms. The Morgan fingerprint density at radius 2 is 1.90 bits per heavy atom. The lowest BCUT2D eigenvalue weighted by Gasteiger charge is -2.35. The quantitative estimate of drug-likeness (QED) is 0.835. The Labute approximate surface area is 126 Å². The van der Waals surface area contributed by atoms with E-state index in [9.17, 15) is 4.79 Å². The monoisotopic (exact) mass is 292 g/mol. The van der Waals surface area contributed by atoms with Crippen molar-refractivity contribution in [1.29, 1.82) is 0 Å². The molecule has 0 spiro atoms. The Balaban J connectivity index is 2.01. The van der Waals surface area contributed by atoms with Gasteiger partial charge in [0.15, 0.2) is 0 Å². The van der Waals surface area contributed by atoms with E-state index in [1.165, 1.54) is 0 Å². The lowest BCUT2D eigenvalue weighted by molar-refractivity contribution is 0.105. The summed E-state index contributed by atoms with van der Waals surface area (Å²) in [6.45, 7) is 11.5.